The summed E-state index contributed by atoms with van der Waals surface area (Å²) < 4.78 is 5.38. The van der Waals surface area contributed by atoms with Crippen molar-refractivity contribution in [3.8, 4) is 0 Å². The minimum absolute atomic E-state index is 0.0408. The van der Waals surface area contributed by atoms with Crippen LogP contribution in [0.25, 0.3) is 10.9 Å². The van der Waals surface area contributed by atoms with E-state index >= 15 is 0 Å². The number of H-pyrrole nitrogens is 1. The molecule has 2 aromatic carbocycles. The second-order valence-corrected chi connectivity index (χ2v) is 16.0. The number of carboxylic acids is 1. The molecule has 0 saturated carbocycles. The maximum atomic E-state index is 14.5. The van der Waals surface area contributed by atoms with E-state index in [1.54, 1.807) is 55.6 Å². The molecule has 0 spiro atoms. The lowest BCUT2D eigenvalue weighted by Gasteiger charge is -2.28. The van der Waals surface area contributed by atoms with Gasteiger partial charge in [-0.05, 0) is 67.5 Å². The molecule has 0 radical (unpaired) electrons. The van der Waals surface area contributed by atoms with Gasteiger partial charge in [0.05, 0.1) is 6.26 Å². The third-order valence-corrected chi connectivity index (χ3v) is 11.0. The van der Waals surface area contributed by atoms with Gasteiger partial charge in [-0.25, -0.2) is 0 Å². The number of rotatable bonds is 27. The molecular weight excluding hydrogens is 839 g/mol. The lowest BCUT2D eigenvalue weighted by atomic mass is 9.97. The SMILES string of the molecule is CC[C@H](C)[C@H](NC(C)=O)C(=O)N[C@@H](CCC(=O)O)C(=O)N[C@@H](CCCCN)C(=O)N[C@@H](Cc1ccccc1)C(=O)N[C@@H](Cc1c[nH]c2ccccc12)C(=O)N[C@@H](Cc1ccco1)C(N)=O. The van der Waals surface area contributed by atoms with E-state index in [-0.39, 0.29) is 44.6 Å². The molecule has 2 heterocycles. The number of nitrogens with one attached hydrogen (secondary N) is 7. The Morgan fingerprint density at radius 1 is 0.677 bits per heavy atom. The van der Waals surface area contributed by atoms with Crippen molar-refractivity contribution in [1.29, 1.82) is 0 Å². The molecule has 0 unspecified atom stereocenters. The maximum absolute atomic E-state index is 14.5. The number of para-hydroxylation sites is 1. The van der Waals surface area contributed by atoms with Crippen molar-refractivity contribution in [2.75, 3.05) is 6.54 Å². The van der Waals surface area contributed by atoms with Crippen LogP contribution in [-0.2, 0) is 57.6 Å². The van der Waals surface area contributed by atoms with E-state index in [0.29, 0.717) is 36.1 Å². The van der Waals surface area contributed by atoms with Gasteiger partial charge >= 0.3 is 5.97 Å². The predicted molar refractivity (Wildman–Crippen MR) is 240 cm³/mol. The Kier molecular flexibility index (Phi) is 19.7. The number of amides is 7. The summed E-state index contributed by atoms with van der Waals surface area (Å²) in [6, 6.07) is 11.8. The molecule has 0 aliphatic carbocycles. The van der Waals surface area contributed by atoms with Gasteiger partial charge in [0.25, 0.3) is 0 Å². The van der Waals surface area contributed by atoms with Gasteiger partial charge in [-0.2, -0.15) is 0 Å². The molecule has 19 nitrogen and oxygen atoms in total. The third kappa shape index (κ3) is 15.9. The van der Waals surface area contributed by atoms with E-state index in [1.165, 1.54) is 13.2 Å². The van der Waals surface area contributed by atoms with Gasteiger partial charge in [0, 0.05) is 49.7 Å². The molecule has 65 heavy (non-hydrogen) atoms. The second kappa shape index (κ2) is 25.3. The highest BCUT2D eigenvalue weighted by Gasteiger charge is 2.34. The molecular formula is C46H61N9O10. The number of nitrogens with two attached hydrogens (primary N) is 2. The Morgan fingerprint density at radius 3 is 1.86 bits per heavy atom. The summed E-state index contributed by atoms with van der Waals surface area (Å²) in [4.78, 5) is 110. The van der Waals surface area contributed by atoms with Crippen molar-refractivity contribution in [2.45, 2.75) is 115 Å². The smallest absolute Gasteiger partial charge is 0.303 e. The van der Waals surface area contributed by atoms with E-state index in [2.05, 4.69) is 36.9 Å². The topological polar surface area (TPSA) is 310 Å². The van der Waals surface area contributed by atoms with Crippen molar-refractivity contribution < 1.29 is 47.9 Å². The fourth-order valence-corrected chi connectivity index (χ4v) is 7.21. The number of hydrogen-bond acceptors (Lipinski definition) is 10. The summed E-state index contributed by atoms with van der Waals surface area (Å²) in [5.74, 6) is -6.36. The first-order valence-corrected chi connectivity index (χ1v) is 21.7. The number of furan rings is 1. The number of fused-ring (bicyclic) bond motifs is 1. The average molecular weight is 900 g/mol. The van der Waals surface area contributed by atoms with Crippen LogP contribution in [0.5, 0.6) is 0 Å². The van der Waals surface area contributed by atoms with Crippen LogP contribution in [0, 0.1) is 5.92 Å². The number of unbranched alkanes of at least 4 members (excludes halogenated alkanes) is 1. The summed E-state index contributed by atoms with van der Waals surface area (Å²) in [6.07, 6.45) is 3.51. The number of carboxylic acid groups (broad SMARTS) is 1. The van der Waals surface area contributed by atoms with Gasteiger partial charge in [-0.1, -0.05) is 68.8 Å². The molecule has 7 atom stereocenters. The van der Waals surface area contributed by atoms with Gasteiger partial charge in [0.1, 0.15) is 42.0 Å². The first-order chi connectivity index (χ1) is 31.1. The second-order valence-electron chi connectivity index (χ2n) is 16.0. The highest BCUT2D eigenvalue weighted by molar-refractivity contribution is 5.97. The van der Waals surface area contributed by atoms with Crippen LogP contribution >= 0.6 is 0 Å². The van der Waals surface area contributed by atoms with Gasteiger partial charge in [-0.15, -0.1) is 0 Å². The molecule has 0 fully saturated rings. The number of carbonyl (C=O) groups excluding carboxylic acids is 7. The van der Waals surface area contributed by atoms with Crippen molar-refractivity contribution in [3.05, 3.63) is 96.1 Å². The van der Waals surface area contributed by atoms with Crippen molar-refractivity contribution >= 4 is 58.2 Å². The average Bonchev–Trinajstić information content (AvgIpc) is 3.95. The zero-order chi connectivity index (χ0) is 47.5. The van der Waals surface area contributed by atoms with Crippen molar-refractivity contribution in [3.63, 3.8) is 0 Å². The highest BCUT2D eigenvalue weighted by Crippen LogP contribution is 2.20. The van der Waals surface area contributed by atoms with Gasteiger partial charge < -0.3 is 57.9 Å². The molecule has 350 valence electrons. The number of aliphatic carboxylic acids is 1. The molecule has 0 aliphatic rings. The molecule has 0 bridgehead atoms. The Balaban J connectivity index is 1.64. The first kappa shape index (κ1) is 50.6. The zero-order valence-electron chi connectivity index (χ0n) is 36.9. The van der Waals surface area contributed by atoms with Crippen LogP contribution in [0.2, 0.25) is 0 Å². The Hall–Kier alpha value is -7.02. The Bertz CT molecular complexity index is 2230. The highest BCUT2D eigenvalue weighted by atomic mass is 16.4. The number of benzene rings is 2. The van der Waals surface area contributed by atoms with E-state index in [4.69, 9.17) is 15.9 Å². The summed E-state index contributed by atoms with van der Waals surface area (Å²) in [6.45, 7) is 5.08. The minimum atomic E-state index is -1.42. The van der Waals surface area contributed by atoms with Gasteiger partial charge in [-0.3, -0.25) is 38.4 Å². The molecule has 19 heteroatoms. The molecule has 4 rings (SSSR count). The minimum Gasteiger partial charge on any atom is -0.481 e. The van der Waals surface area contributed by atoms with Crippen LogP contribution in [0.1, 0.15) is 76.2 Å². The number of primary amides is 1. The fraction of sp³-hybridized carbons (Fsp3) is 0.435. The third-order valence-electron chi connectivity index (χ3n) is 11.0. The standard InChI is InChI=1S/C46H61N9O10/c1-4-27(2)40(50-28(3)56)46(64)52-35(19-20-39(57)58)43(61)51-34(18-10-11-21-47)42(60)54-37(23-29-13-6-5-7-14-29)44(62)55-38(24-30-26-49-33-17-9-8-16-32(30)33)45(63)53-36(41(48)59)25-31-15-12-22-65-31/h5-9,12-17,22,26-27,34-38,40,49H,4,10-11,18-21,23-25,47H2,1-3H3,(H2,48,59)(H,50,56)(H,51,61)(H,52,64)(H,53,63)(H,54,60)(H,55,62)(H,57,58)/t27-,34-,35-,36-,37-,38-,40-/m0/s1. The normalized spacial score (nSPS) is 14.3. The lowest BCUT2D eigenvalue weighted by molar-refractivity contribution is -0.138. The summed E-state index contributed by atoms with van der Waals surface area (Å²) in [5, 5.41) is 26.3. The molecule has 0 saturated heterocycles. The summed E-state index contributed by atoms with van der Waals surface area (Å²) in [7, 11) is 0. The largest absolute Gasteiger partial charge is 0.481 e. The van der Waals surface area contributed by atoms with Gasteiger partial charge in [0.15, 0.2) is 0 Å². The summed E-state index contributed by atoms with van der Waals surface area (Å²) >= 11 is 0. The van der Waals surface area contributed by atoms with E-state index in [1.807, 2.05) is 31.2 Å². The van der Waals surface area contributed by atoms with Crippen LogP contribution in [0.4, 0.5) is 0 Å². The van der Waals surface area contributed by atoms with E-state index in [0.717, 1.165) is 10.9 Å². The van der Waals surface area contributed by atoms with E-state index < -0.39 is 90.0 Å². The van der Waals surface area contributed by atoms with Gasteiger partial charge in [0.2, 0.25) is 41.4 Å². The van der Waals surface area contributed by atoms with Crippen LogP contribution in [-0.4, -0.2) is 100 Å². The lowest BCUT2D eigenvalue weighted by Crippen LogP contribution is -2.60. The number of aromatic amines is 1. The number of carbonyl (C=O) groups is 8. The summed E-state index contributed by atoms with van der Waals surface area (Å²) in [5.41, 5.74) is 13.6. The number of aromatic nitrogens is 1. The zero-order valence-corrected chi connectivity index (χ0v) is 36.9. The molecule has 7 amide bonds. The maximum Gasteiger partial charge on any atom is 0.303 e. The molecule has 0 aliphatic heterocycles. The Morgan fingerprint density at radius 2 is 1.26 bits per heavy atom. The van der Waals surface area contributed by atoms with Crippen LogP contribution < -0.4 is 43.4 Å². The monoisotopic (exact) mass is 899 g/mol. The van der Waals surface area contributed by atoms with Crippen molar-refractivity contribution in [2.24, 2.45) is 17.4 Å². The fourth-order valence-electron chi connectivity index (χ4n) is 7.21. The Labute approximate surface area is 377 Å². The molecule has 2 aromatic heterocycles. The van der Waals surface area contributed by atoms with Crippen molar-refractivity contribution in [1.82, 2.24) is 36.9 Å². The van der Waals surface area contributed by atoms with Crippen LogP contribution in [0.3, 0.4) is 0 Å². The quantitative estimate of drug-likeness (QED) is 0.0380. The van der Waals surface area contributed by atoms with Crippen LogP contribution in [0.15, 0.2) is 83.6 Å². The molecule has 4 aromatic rings. The molecule has 12 N–H and O–H groups in total. The first-order valence-electron chi connectivity index (χ1n) is 21.7. The van der Waals surface area contributed by atoms with E-state index in [9.17, 15) is 43.5 Å². The predicted octanol–water partition coefficient (Wildman–Crippen LogP) is 1.24. The number of hydrogen-bond donors (Lipinski definition) is 10.